The summed E-state index contributed by atoms with van der Waals surface area (Å²) in [6.45, 7) is 0. The summed E-state index contributed by atoms with van der Waals surface area (Å²) in [5, 5.41) is 7.02. The molecule has 0 heterocycles. The van der Waals surface area contributed by atoms with Crippen molar-refractivity contribution < 1.29 is 16.8 Å². The summed E-state index contributed by atoms with van der Waals surface area (Å²) in [7, 11) is -7.95. The van der Waals surface area contributed by atoms with Crippen LogP contribution in [0, 0.1) is 0 Å². The van der Waals surface area contributed by atoms with Crippen molar-refractivity contribution in [3.8, 4) is 0 Å². The molecule has 0 aliphatic heterocycles. The van der Waals surface area contributed by atoms with Gasteiger partial charge in [0.15, 0.2) is 0 Å². The Hall–Kier alpha value is -2.42. The molecule has 3 aromatic rings. The standard InChI is InChI=1S/C18H16N2O4S2/c19-25(21,22)14-4-2-5-15(11-14)26(23,24)20-17-10-9-13-8-7-12-3-1-6-16(17)18(12)13/h1-6,9-11,20H,7-8H2,(H2,19,21,22). The predicted molar refractivity (Wildman–Crippen MR) is 100.0 cm³/mol. The lowest BCUT2D eigenvalue weighted by molar-refractivity contribution is 0.597. The van der Waals surface area contributed by atoms with Gasteiger partial charge in [0.05, 0.1) is 15.5 Å². The van der Waals surface area contributed by atoms with Gasteiger partial charge in [-0.2, -0.15) is 0 Å². The number of hydrogen-bond acceptors (Lipinski definition) is 4. The van der Waals surface area contributed by atoms with Gasteiger partial charge in [-0.1, -0.05) is 30.3 Å². The van der Waals surface area contributed by atoms with Gasteiger partial charge >= 0.3 is 0 Å². The van der Waals surface area contributed by atoms with E-state index in [1.807, 2.05) is 24.3 Å². The first kappa shape index (κ1) is 17.0. The van der Waals surface area contributed by atoms with E-state index in [2.05, 4.69) is 4.72 Å². The van der Waals surface area contributed by atoms with E-state index in [0.717, 1.165) is 29.7 Å². The molecule has 0 aromatic heterocycles. The van der Waals surface area contributed by atoms with Gasteiger partial charge in [0.2, 0.25) is 10.0 Å². The number of sulfonamides is 2. The minimum Gasteiger partial charge on any atom is -0.279 e. The highest BCUT2D eigenvalue weighted by Gasteiger charge is 2.21. The maximum Gasteiger partial charge on any atom is 0.261 e. The average molecular weight is 388 g/mol. The molecule has 0 bridgehead atoms. The van der Waals surface area contributed by atoms with E-state index in [0.29, 0.717) is 5.69 Å². The van der Waals surface area contributed by atoms with Crippen LogP contribution in [0.5, 0.6) is 0 Å². The van der Waals surface area contributed by atoms with Crippen molar-refractivity contribution in [2.24, 2.45) is 5.14 Å². The maximum absolute atomic E-state index is 12.8. The molecule has 1 aliphatic rings. The van der Waals surface area contributed by atoms with Gasteiger partial charge in [-0.05, 0) is 53.6 Å². The van der Waals surface area contributed by atoms with Crippen molar-refractivity contribution >= 4 is 36.5 Å². The molecule has 3 N–H and O–H groups in total. The highest BCUT2D eigenvalue weighted by Crippen LogP contribution is 2.35. The van der Waals surface area contributed by atoms with Crippen LogP contribution in [-0.4, -0.2) is 16.8 Å². The number of anilines is 1. The summed E-state index contributed by atoms with van der Waals surface area (Å²) >= 11 is 0. The summed E-state index contributed by atoms with van der Waals surface area (Å²) < 4.78 is 51.1. The number of primary sulfonamides is 1. The molecule has 0 atom stereocenters. The van der Waals surface area contributed by atoms with Crippen LogP contribution >= 0.6 is 0 Å². The Morgan fingerprint density at radius 2 is 1.46 bits per heavy atom. The van der Waals surface area contributed by atoms with Crippen molar-refractivity contribution in [3.63, 3.8) is 0 Å². The van der Waals surface area contributed by atoms with Crippen LogP contribution in [0.2, 0.25) is 0 Å². The van der Waals surface area contributed by atoms with E-state index < -0.39 is 20.0 Å². The zero-order valence-corrected chi connectivity index (χ0v) is 15.3. The number of hydrogen-bond donors (Lipinski definition) is 2. The first-order valence-electron chi connectivity index (χ1n) is 7.95. The Kier molecular flexibility index (Phi) is 3.80. The zero-order chi connectivity index (χ0) is 18.5. The maximum atomic E-state index is 12.8. The van der Waals surface area contributed by atoms with Gasteiger partial charge in [-0.25, -0.2) is 22.0 Å². The Morgan fingerprint density at radius 1 is 0.808 bits per heavy atom. The molecular formula is C18H16N2O4S2. The van der Waals surface area contributed by atoms with E-state index in [-0.39, 0.29) is 9.79 Å². The Balaban J connectivity index is 1.80. The first-order chi connectivity index (χ1) is 12.3. The lowest BCUT2D eigenvalue weighted by Gasteiger charge is -2.12. The van der Waals surface area contributed by atoms with Gasteiger partial charge in [0.25, 0.3) is 10.0 Å². The quantitative estimate of drug-likeness (QED) is 0.716. The normalized spacial score (nSPS) is 13.9. The molecule has 0 spiro atoms. The van der Waals surface area contributed by atoms with Crippen molar-refractivity contribution in [3.05, 3.63) is 65.7 Å². The van der Waals surface area contributed by atoms with Crippen LogP contribution in [0.4, 0.5) is 5.69 Å². The lowest BCUT2D eigenvalue weighted by Crippen LogP contribution is -2.16. The molecule has 0 fully saturated rings. The highest BCUT2D eigenvalue weighted by molar-refractivity contribution is 7.93. The molecule has 1 aliphatic carbocycles. The third-order valence-corrected chi connectivity index (χ3v) is 6.84. The van der Waals surface area contributed by atoms with Gasteiger partial charge < -0.3 is 0 Å². The molecule has 0 unspecified atom stereocenters. The number of aryl methyl sites for hydroxylation is 2. The second kappa shape index (κ2) is 5.80. The van der Waals surface area contributed by atoms with Gasteiger partial charge in [0.1, 0.15) is 0 Å². The molecule has 6 nitrogen and oxygen atoms in total. The van der Waals surface area contributed by atoms with E-state index in [9.17, 15) is 16.8 Å². The summed E-state index contributed by atoms with van der Waals surface area (Å²) in [5.74, 6) is 0. The topological polar surface area (TPSA) is 106 Å². The summed E-state index contributed by atoms with van der Waals surface area (Å²) in [5.41, 5.74) is 2.87. The molecule has 26 heavy (non-hydrogen) atoms. The SMILES string of the molecule is NS(=O)(=O)c1cccc(S(=O)(=O)Nc2ccc3c4c(cccc24)CC3)c1. The van der Waals surface area contributed by atoms with Crippen LogP contribution in [0.1, 0.15) is 11.1 Å². The Morgan fingerprint density at radius 3 is 2.19 bits per heavy atom. The predicted octanol–water partition coefficient (Wildman–Crippen LogP) is 2.39. The van der Waals surface area contributed by atoms with Crippen LogP contribution in [0.15, 0.2) is 64.4 Å². The van der Waals surface area contributed by atoms with E-state index >= 15 is 0 Å². The molecule has 0 saturated carbocycles. The molecule has 8 heteroatoms. The summed E-state index contributed by atoms with van der Waals surface area (Å²) in [6, 6.07) is 14.5. The minimum absolute atomic E-state index is 0.160. The Bertz CT molecular complexity index is 1240. The van der Waals surface area contributed by atoms with Crippen molar-refractivity contribution in [1.82, 2.24) is 0 Å². The zero-order valence-electron chi connectivity index (χ0n) is 13.6. The van der Waals surface area contributed by atoms with Gasteiger partial charge in [-0.15, -0.1) is 0 Å². The van der Waals surface area contributed by atoms with Crippen LogP contribution < -0.4 is 9.86 Å². The lowest BCUT2D eigenvalue weighted by atomic mass is 10.0. The van der Waals surface area contributed by atoms with E-state index in [1.165, 1.54) is 29.3 Å². The molecule has 0 saturated heterocycles. The number of nitrogens with one attached hydrogen (secondary N) is 1. The fourth-order valence-electron chi connectivity index (χ4n) is 3.36. The molecule has 0 amide bonds. The second-order valence-electron chi connectivity index (χ2n) is 6.24. The number of nitrogens with two attached hydrogens (primary N) is 1. The van der Waals surface area contributed by atoms with Crippen molar-refractivity contribution in [2.45, 2.75) is 22.6 Å². The van der Waals surface area contributed by atoms with Crippen LogP contribution in [0.3, 0.4) is 0 Å². The van der Waals surface area contributed by atoms with E-state index in [1.54, 1.807) is 6.07 Å². The van der Waals surface area contributed by atoms with Gasteiger partial charge in [-0.3, -0.25) is 4.72 Å². The second-order valence-corrected chi connectivity index (χ2v) is 9.48. The molecule has 4 rings (SSSR count). The molecule has 134 valence electrons. The van der Waals surface area contributed by atoms with Crippen LogP contribution in [0.25, 0.3) is 10.8 Å². The smallest absolute Gasteiger partial charge is 0.261 e. The number of rotatable bonds is 4. The summed E-state index contributed by atoms with van der Waals surface area (Å²) in [4.78, 5) is -0.409. The number of benzene rings is 3. The van der Waals surface area contributed by atoms with Crippen molar-refractivity contribution in [2.75, 3.05) is 4.72 Å². The average Bonchev–Trinajstić information content (AvgIpc) is 3.01. The Labute approximate surface area is 151 Å². The van der Waals surface area contributed by atoms with Crippen molar-refractivity contribution in [1.29, 1.82) is 0 Å². The largest absolute Gasteiger partial charge is 0.279 e. The van der Waals surface area contributed by atoms with Crippen LogP contribution in [-0.2, 0) is 32.9 Å². The third-order valence-electron chi connectivity index (χ3n) is 4.57. The molecule has 3 aromatic carbocycles. The monoisotopic (exact) mass is 388 g/mol. The first-order valence-corrected chi connectivity index (χ1v) is 11.0. The molecular weight excluding hydrogens is 372 g/mol. The molecule has 0 radical (unpaired) electrons. The summed E-state index contributed by atoms with van der Waals surface area (Å²) in [6.07, 6.45) is 1.89. The van der Waals surface area contributed by atoms with E-state index in [4.69, 9.17) is 5.14 Å². The third kappa shape index (κ3) is 2.86. The highest BCUT2D eigenvalue weighted by atomic mass is 32.2. The van der Waals surface area contributed by atoms with Gasteiger partial charge in [0, 0.05) is 5.39 Å². The fourth-order valence-corrected chi connectivity index (χ4v) is 5.12. The fraction of sp³-hybridized carbons (Fsp3) is 0.111. The minimum atomic E-state index is -3.99.